The van der Waals surface area contributed by atoms with E-state index >= 15 is 0 Å². The quantitative estimate of drug-likeness (QED) is 0.727. The van der Waals surface area contributed by atoms with Gasteiger partial charge in [0.15, 0.2) is 0 Å². The Morgan fingerprint density at radius 1 is 1.00 bits per heavy atom. The average molecular weight is 297 g/mol. The van der Waals surface area contributed by atoms with Crippen LogP contribution in [0, 0.1) is 0 Å². The number of hydrogen-bond acceptors (Lipinski definition) is 3. The fourth-order valence-corrected chi connectivity index (χ4v) is 3.25. The topological polar surface area (TPSA) is 53.1 Å². The fourth-order valence-electron chi connectivity index (χ4n) is 2.40. The summed E-state index contributed by atoms with van der Waals surface area (Å²) in [5.41, 5.74) is 2.68. The van der Waals surface area contributed by atoms with Gasteiger partial charge in [0.05, 0.1) is 11.5 Å². The first-order valence-electron chi connectivity index (χ1n) is 6.75. The number of benzene rings is 2. The lowest BCUT2D eigenvalue weighted by Gasteiger charge is -2.12. The molecule has 0 aliphatic heterocycles. The van der Waals surface area contributed by atoms with Gasteiger partial charge in [-0.25, -0.2) is 0 Å². The monoisotopic (exact) mass is 297 g/mol. The highest BCUT2D eigenvalue weighted by molar-refractivity contribution is 7.99. The van der Waals surface area contributed by atoms with Crippen LogP contribution in [0.4, 0.5) is 0 Å². The van der Waals surface area contributed by atoms with E-state index < -0.39 is 0 Å². The number of aliphatic hydroxyl groups excluding tert-OH is 1. The average Bonchev–Trinajstić information content (AvgIpc) is 2.53. The predicted octanol–water partition coefficient (Wildman–Crippen LogP) is 3.28. The second kappa shape index (κ2) is 6.16. The Balaban J connectivity index is 2.33. The molecule has 0 radical (unpaired) electrons. The van der Waals surface area contributed by atoms with Gasteiger partial charge < -0.3 is 10.1 Å². The van der Waals surface area contributed by atoms with Gasteiger partial charge >= 0.3 is 0 Å². The summed E-state index contributed by atoms with van der Waals surface area (Å²) in [6.07, 6.45) is 0. The highest BCUT2D eigenvalue weighted by Gasteiger charge is 2.14. The van der Waals surface area contributed by atoms with E-state index in [1.807, 2.05) is 54.6 Å². The summed E-state index contributed by atoms with van der Waals surface area (Å²) in [4.78, 5) is 16.0. The number of aromatic nitrogens is 1. The molecule has 0 aliphatic rings. The first-order valence-corrected chi connectivity index (χ1v) is 7.74. The van der Waals surface area contributed by atoms with Crippen LogP contribution >= 0.6 is 11.8 Å². The Morgan fingerprint density at radius 3 is 2.48 bits per heavy atom. The number of aromatic amines is 1. The maximum absolute atomic E-state index is 12.4. The van der Waals surface area contributed by atoms with Gasteiger partial charge in [-0.2, -0.15) is 0 Å². The fraction of sp³-hybridized carbons (Fsp3) is 0.118. The molecular formula is C17H15NO2S. The smallest absolute Gasteiger partial charge is 0.262 e. The number of pyridine rings is 1. The molecule has 2 aromatic carbocycles. The van der Waals surface area contributed by atoms with Crippen LogP contribution in [-0.2, 0) is 0 Å². The number of thioether (sulfide) groups is 1. The molecule has 0 spiro atoms. The molecule has 0 bridgehead atoms. The maximum atomic E-state index is 12.4. The van der Waals surface area contributed by atoms with Crippen molar-refractivity contribution in [2.75, 3.05) is 12.4 Å². The molecule has 3 nitrogen and oxygen atoms in total. The number of aliphatic hydroxyl groups is 1. The van der Waals surface area contributed by atoms with Gasteiger partial charge in [0.2, 0.25) is 0 Å². The van der Waals surface area contributed by atoms with Gasteiger partial charge in [0.1, 0.15) is 0 Å². The molecule has 0 aliphatic carbocycles. The van der Waals surface area contributed by atoms with E-state index in [0.717, 1.165) is 22.0 Å². The summed E-state index contributed by atoms with van der Waals surface area (Å²) in [6.45, 7) is 0.0468. The zero-order chi connectivity index (χ0) is 14.7. The molecule has 3 rings (SSSR count). The van der Waals surface area contributed by atoms with E-state index in [2.05, 4.69) is 4.98 Å². The zero-order valence-corrected chi connectivity index (χ0v) is 12.2. The molecule has 21 heavy (non-hydrogen) atoms. The van der Waals surface area contributed by atoms with Crippen molar-refractivity contribution in [3.63, 3.8) is 0 Å². The van der Waals surface area contributed by atoms with Crippen molar-refractivity contribution in [2.24, 2.45) is 0 Å². The van der Waals surface area contributed by atoms with Crippen molar-refractivity contribution in [1.29, 1.82) is 0 Å². The van der Waals surface area contributed by atoms with Crippen molar-refractivity contribution in [1.82, 2.24) is 4.98 Å². The van der Waals surface area contributed by atoms with Crippen LogP contribution in [-0.4, -0.2) is 22.5 Å². The Hall–Kier alpha value is -2.04. The SMILES string of the molecule is O=c1[nH]c2ccccc2c(-c2ccccc2)c1SCCO. The van der Waals surface area contributed by atoms with Crippen molar-refractivity contribution in [2.45, 2.75) is 4.90 Å². The minimum atomic E-state index is -0.106. The Morgan fingerprint density at radius 2 is 1.71 bits per heavy atom. The minimum Gasteiger partial charge on any atom is -0.396 e. The van der Waals surface area contributed by atoms with Crippen LogP contribution in [0.3, 0.4) is 0 Å². The summed E-state index contributed by atoms with van der Waals surface area (Å²) in [5, 5.41) is 10.1. The van der Waals surface area contributed by atoms with E-state index in [0.29, 0.717) is 10.6 Å². The van der Waals surface area contributed by atoms with Crippen LogP contribution in [0.15, 0.2) is 64.3 Å². The molecule has 0 amide bonds. The molecule has 0 atom stereocenters. The van der Waals surface area contributed by atoms with Crippen LogP contribution < -0.4 is 5.56 Å². The number of para-hydroxylation sites is 1. The molecule has 1 heterocycles. The predicted molar refractivity (Wildman–Crippen MR) is 87.8 cm³/mol. The van der Waals surface area contributed by atoms with E-state index in [1.165, 1.54) is 11.8 Å². The van der Waals surface area contributed by atoms with Gasteiger partial charge in [-0.05, 0) is 11.6 Å². The highest BCUT2D eigenvalue weighted by atomic mass is 32.2. The van der Waals surface area contributed by atoms with E-state index in [-0.39, 0.29) is 12.2 Å². The summed E-state index contributed by atoms with van der Waals surface area (Å²) in [6, 6.07) is 17.7. The second-order valence-electron chi connectivity index (χ2n) is 4.64. The van der Waals surface area contributed by atoms with Gasteiger partial charge in [0.25, 0.3) is 5.56 Å². The van der Waals surface area contributed by atoms with Gasteiger partial charge in [0, 0.05) is 22.2 Å². The molecule has 0 saturated heterocycles. The lowest BCUT2D eigenvalue weighted by molar-refractivity contribution is 0.322. The van der Waals surface area contributed by atoms with Gasteiger partial charge in [-0.3, -0.25) is 4.79 Å². The van der Waals surface area contributed by atoms with Crippen molar-refractivity contribution < 1.29 is 5.11 Å². The molecule has 2 N–H and O–H groups in total. The van der Waals surface area contributed by atoms with E-state index in [9.17, 15) is 4.79 Å². The number of H-pyrrole nitrogens is 1. The van der Waals surface area contributed by atoms with Crippen LogP contribution in [0.2, 0.25) is 0 Å². The van der Waals surface area contributed by atoms with Crippen molar-refractivity contribution in [3.8, 4) is 11.1 Å². The largest absolute Gasteiger partial charge is 0.396 e. The zero-order valence-electron chi connectivity index (χ0n) is 11.4. The Labute approximate surface area is 126 Å². The molecule has 0 unspecified atom stereocenters. The molecule has 0 saturated carbocycles. The van der Waals surface area contributed by atoms with Crippen molar-refractivity contribution in [3.05, 3.63) is 65.0 Å². The Bertz CT molecular complexity index is 812. The van der Waals surface area contributed by atoms with E-state index in [4.69, 9.17) is 5.11 Å². The van der Waals surface area contributed by atoms with Crippen LogP contribution in [0.25, 0.3) is 22.0 Å². The summed E-state index contributed by atoms with van der Waals surface area (Å²) in [5.74, 6) is 0.501. The summed E-state index contributed by atoms with van der Waals surface area (Å²) < 4.78 is 0. The highest BCUT2D eigenvalue weighted by Crippen LogP contribution is 2.34. The normalized spacial score (nSPS) is 10.9. The van der Waals surface area contributed by atoms with Gasteiger partial charge in [-0.15, -0.1) is 11.8 Å². The summed E-state index contributed by atoms with van der Waals surface area (Å²) in [7, 11) is 0. The molecule has 3 aromatic rings. The molecule has 0 fully saturated rings. The van der Waals surface area contributed by atoms with E-state index in [1.54, 1.807) is 0 Å². The number of nitrogens with one attached hydrogen (secondary N) is 1. The van der Waals surface area contributed by atoms with Crippen LogP contribution in [0.5, 0.6) is 0 Å². The third kappa shape index (κ3) is 2.73. The lowest BCUT2D eigenvalue weighted by Crippen LogP contribution is -2.11. The molecule has 106 valence electrons. The third-order valence-electron chi connectivity index (χ3n) is 3.28. The minimum absolute atomic E-state index is 0.0468. The standard InChI is InChI=1S/C17H15NO2S/c19-10-11-21-16-15(12-6-2-1-3-7-12)13-8-4-5-9-14(13)18-17(16)20/h1-9,19H,10-11H2,(H,18,20). The molecular weight excluding hydrogens is 282 g/mol. The lowest BCUT2D eigenvalue weighted by atomic mass is 10.0. The van der Waals surface area contributed by atoms with Crippen molar-refractivity contribution >= 4 is 22.7 Å². The molecule has 1 aromatic heterocycles. The second-order valence-corrected chi connectivity index (χ2v) is 5.75. The molecule has 4 heteroatoms. The Kier molecular flexibility index (Phi) is 4.08. The van der Waals surface area contributed by atoms with Crippen LogP contribution in [0.1, 0.15) is 0 Å². The first kappa shape index (κ1) is 13.9. The number of fused-ring (bicyclic) bond motifs is 1. The number of rotatable bonds is 4. The third-order valence-corrected chi connectivity index (χ3v) is 4.34. The number of hydrogen-bond donors (Lipinski definition) is 2. The first-order chi connectivity index (χ1) is 10.3. The summed E-state index contributed by atoms with van der Waals surface area (Å²) >= 11 is 1.39. The maximum Gasteiger partial charge on any atom is 0.262 e. The van der Waals surface area contributed by atoms with Gasteiger partial charge in [-0.1, -0.05) is 48.5 Å².